The Kier molecular flexibility index (Phi) is 25.7. The molecule has 0 saturated carbocycles. The summed E-state index contributed by atoms with van der Waals surface area (Å²) in [5.41, 5.74) is 8.48. The number of phenolic OH excluding ortho intramolecular Hbond substituents is 1. The summed E-state index contributed by atoms with van der Waals surface area (Å²) in [6.45, 7) is 2.30. The number of hydrogen-bond donors (Lipinski definition) is 14. The molecule has 536 valence electrons. The van der Waals surface area contributed by atoms with Crippen molar-refractivity contribution in [2.45, 2.75) is 137 Å². The smallest absolute Gasteiger partial charge is 0.305 e. The lowest BCUT2D eigenvalue weighted by Crippen LogP contribution is -2.63. The van der Waals surface area contributed by atoms with Gasteiger partial charge in [0.2, 0.25) is 59.1 Å². The summed E-state index contributed by atoms with van der Waals surface area (Å²) in [6.07, 6.45) is 2.67. The highest BCUT2D eigenvalue weighted by atomic mass is 32.2. The number of methoxy groups -OCH3 is 1. The molecule has 2 aliphatic heterocycles. The van der Waals surface area contributed by atoms with E-state index in [1.54, 1.807) is 6.20 Å². The van der Waals surface area contributed by atoms with Gasteiger partial charge in [0.1, 0.15) is 65.2 Å². The van der Waals surface area contributed by atoms with Crippen molar-refractivity contribution < 1.29 is 76.5 Å². The Hall–Kier alpha value is -10.3. The van der Waals surface area contributed by atoms with Crippen LogP contribution in [0.4, 0.5) is 8.78 Å². The summed E-state index contributed by atoms with van der Waals surface area (Å²) in [6, 6.07) is 10.0. The number of aromatic nitrogens is 4. The van der Waals surface area contributed by atoms with Gasteiger partial charge in [-0.1, -0.05) is 36.4 Å². The van der Waals surface area contributed by atoms with Gasteiger partial charge in [0.15, 0.2) is 0 Å². The molecule has 9 rings (SSSR count). The average molecular weight is 1430 g/mol. The number of imidazole rings is 1. The highest BCUT2D eigenvalue weighted by Crippen LogP contribution is 2.32. The number of amides is 10. The van der Waals surface area contributed by atoms with Crippen LogP contribution in [0, 0.1) is 11.6 Å². The highest BCUT2D eigenvalue weighted by Gasteiger charge is 2.49. The van der Waals surface area contributed by atoms with Gasteiger partial charge >= 0.3 is 5.97 Å². The molecule has 4 aromatic carbocycles. The maximum Gasteiger partial charge on any atom is 0.305 e. The SMILES string of the molecule is CO[C@@H](C)[C@@H]1NC(=O)CCSCc2cccc(c2)CSC[C@@H](C(N)=O)NC(=O)[C@]2(C)CCCN2C(=O)[C@H](Cc2ccc(O)cc2)NC(=O)[C@H](Cc2cnc[nH]2)NC(=O)[C@H](CC(=O)O)NC(=O)[C@H](Cc2c[nH]c3ccc(F)cc23)NC(=O)[C@H](CCc2c[nH]c3ccc(F)cc23)NC(=O)CNC1=O. The third-order valence-electron chi connectivity index (χ3n) is 17.7. The first-order chi connectivity index (χ1) is 48.3. The van der Waals surface area contributed by atoms with E-state index < -0.39 is 150 Å². The van der Waals surface area contributed by atoms with Crippen molar-refractivity contribution in [2.24, 2.45) is 5.73 Å². The van der Waals surface area contributed by atoms with Gasteiger partial charge in [-0.25, -0.2) is 13.8 Å². The van der Waals surface area contributed by atoms with Crippen LogP contribution >= 0.6 is 23.5 Å². The first kappa shape index (κ1) is 74.9. The van der Waals surface area contributed by atoms with E-state index >= 15 is 14.4 Å². The van der Waals surface area contributed by atoms with Crippen LogP contribution in [0.3, 0.4) is 0 Å². The number of thioether (sulfide) groups is 2. The Morgan fingerprint density at radius 2 is 1.32 bits per heavy atom. The fraction of sp³-hybridized carbons (Fsp3) is 0.391. The maximum atomic E-state index is 15.2. The number of carboxylic acid groups (broad SMARTS) is 1. The molecule has 0 spiro atoms. The normalized spacial score (nSPS) is 23.0. The molecule has 2 bridgehead atoms. The number of aliphatic carboxylic acids is 1. The summed E-state index contributed by atoms with van der Waals surface area (Å²) in [5, 5.41) is 42.1. The number of nitrogens with zero attached hydrogens (tertiary/aromatic N) is 2. The van der Waals surface area contributed by atoms with Crippen molar-refractivity contribution in [2.75, 3.05) is 31.7 Å². The number of carbonyl (C=O) groups is 11. The van der Waals surface area contributed by atoms with Gasteiger partial charge in [-0.3, -0.25) is 52.7 Å². The van der Waals surface area contributed by atoms with E-state index in [-0.39, 0.29) is 73.2 Å². The minimum absolute atomic E-state index is 0.0104. The molecule has 10 amide bonds. The minimum Gasteiger partial charge on any atom is -0.508 e. The second kappa shape index (κ2) is 34.6. The number of fused-ring (bicyclic) bond motifs is 5. The van der Waals surface area contributed by atoms with Crippen LogP contribution in [-0.4, -0.2) is 186 Å². The van der Waals surface area contributed by atoms with Gasteiger partial charge in [-0.15, -0.1) is 0 Å². The molecule has 101 heavy (non-hydrogen) atoms. The Bertz CT molecular complexity index is 4180. The van der Waals surface area contributed by atoms with Crippen LogP contribution in [-0.2, 0) is 94.7 Å². The van der Waals surface area contributed by atoms with Gasteiger partial charge < -0.3 is 83.1 Å². The molecule has 2 aliphatic rings. The molecule has 0 unspecified atom stereocenters. The summed E-state index contributed by atoms with van der Waals surface area (Å²) >= 11 is 2.76. The zero-order chi connectivity index (χ0) is 72.5. The molecular weight excluding hydrogens is 1350 g/mol. The fourth-order valence-electron chi connectivity index (χ4n) is 12.0. The largest absolute Gasteiger partial charge is 0.508 e. The number of aromatic amines is 3. The number of hydrogen-bond acceptors (Lipinski definition) is 16. The van der Waals surface area contributed by atoms with Gasteiger partial charge in [0.25, 0.3) is 0 Å². The van der Waals surface area contributed by atoms with Crippen molar-refractivity contribution in [3.8, 4) is 5.75 Å². The number of rotatable bonds is 14. The molecule has 9 atom stereocenters. The lowest BCUT2D eigenvalue weighted by molar-refractivity contribution is -0.147. The number of phenols is 1. The van der Waals surface area contributed by atoms with E-state index in [0.717, 1.165) is 11.1 Å². The molecule has 28 nitrogen and oxygen atoms in total. The number of benzene rings is 4. The van der Waals surface area contributed by atoms with Crippen molar-refractivity contribution in [3.63, 3.8) is 0 Å². The third kappa shape index (κ3) is 20.2. The maximum absolute atomic E-state index is 15.2. The van der Waals surface area contributed by atoms with Gasteiger partial charge in [-0.05, 0) is 116 Å². The average Bonchev–Trinajstić information content (AvgIpc) is 1.73. The van der Waals surface area contributed by atoms with Crippen LogP contribution in [0.5, 0.6) is 5.75 Å². The van der Waals surface area contributed by atoms with E-state index in [1.807, 2.05) is 24.3 Å². The Morgan fingerprint density at radius 3 is 1.96 bits per heavy atom. The molecule has 5 heterocycles. The van der Waals surface area contributed by atoms with Gasteiger partial charge in [0, 0.05) is 108 Å². The van der Waals surface area contributed by atoms with Crippen LogP contribution in [0.15, 0.2) is 110 Å². The lowest BCUT2D eigenvalue weighted by atomic mass is 9.95. The number of ether oxygens (including phenoxy) is 1. The third-order valence-corrected chi connectivity index (χ3v) is 19.8. The highest BCUT2D eigenvalue weighted by molar-refractivity contribution is 7.98. The number of carbonyl (C=O) groups excluding carboxylic acids is 10. The zero-order valence-corrected chi connectivity index (χ0v) is 57.1. The Balaban J connectivity index is 1.05. The van der Waals surface area contributed by atoms with E-state index in [2.05, 4.69) is 62.5 Å². The number of aromatic hydroxyl groups is 1. The first-order valence-electron chi connectivity index (χ1n) is 32.6. The number of halogens is 2. The Morgan fingerprint density at radius 1 is 0.703 bits per heavy atom. The van der Waals surface area contributed by atoms with E-state index in [9.17, 15) is 57.4 Å². The topological polar surface area (TPSA) is 423 Å². The van der Waals surface area contributed by atoms with Crippen molar-refractivity contribution in [1.82, 2.24) is 67.4 Å². The minimum atomic E-state index is -2.04. The second-order valence-corrected chi connectivity index (χ2v) is 27.1. The zero-order valence-electron chi connectivity index (χ0n) is 55.5. The monoisotopic (exact) mass is 1430 g/mol. The van der Waals surface area contributed by atoms with Crippen LogP contribution in [0.2, 0.25) is 0 Å². The van der Waals surface area contributed by atoms with Gasteiger partial charge in [0.05, 0.1) is 25.4 Å². The van der Waals surface area contributed by atoms with E-state index in [4.69, 9.17) is 10.5 Å². The molecule has 0 aliphatic carbocycles. The fourth-order valence-corrected chi connectivity index (χ4v) is 14.0. The van der Waals surface area contributed by atoms with Crippen LogP contribution < -0.4 is 48.3 Å². The molecule has 32 heteroatoms. The molecule has 0 radical (unpaired) electrons. The predicted molar refractivity (Wildman–Crippen MR) is 370 cm³/mol. The number of primary amides is 1. The van der Waals surface area contributed by atoms with E-state index in [0.29, 0.717) is 51.2 Å². The molecule has 15 N–H and O–H groups in total. The summed E-state index contributed by atoms with van der Waals surface area (Å²) in [4.78, 5) is 171. The van der Waals surface area contributed by atoms with Gasteiger partial charge in [-0.2, -0.15) is 23.5 Å². The second-order valence-electron chi connectivity index (χ2n) is 25.0. The van der Waals surface area contributed by atoms with Crippen molar-refractivity contribution in [1.29, 1.82) is 0 Å². The molecule has 7 aromatic rings. The molecular formula is C69H80F2N14O14S2. The molecule has 1 saturated heterocycles. The number of aryl methyl sites for hydroxylation is 1. The molecule has 1 fully saturated rings. The first-order valence-corrected chi connectivity index (χ1v) is 34.9. The molecule has 3 aromatic heterocycles. The number of carboxylic acids is 1. The van der Waals surface area contributed by atoms with E-state index in [1.165, 1.54) is 129 Å². The van der Waals surface area contributed by atoms with Crippen LogP contribution in [0.25, 0.3) is 21.8 Å². The summed E-state index contributed by atoms with van der Waals surface area (Å²) < 4.78 is 35.1. The number of nitrogens with two attached hydrogens (primary N) is 1. The van der Waals surface area contributed by atoms with Crippen LogP contribution in [0.1, 0.15) is 79.5 Å². The quantitative estimate of drug-likeness (QED) is 0.0744. The van der Waals surface area contributed by atoms with Crippen molar-refractivity contribution >= 4 is 110 Å². The predicted octanol–water partition coefficient (Wildman–Crippen LogP) is 2.47. The number of H-pyrrole nitrogens is 3. The number of nitrogens with one attached hydrogen (secondary N) is 11. The Labute approximate surface area is 586 Å². The van der Waals surface area contributed by atoms with Crippen molar-refractivity contribution in [3.05, 3.63) is 155 Å². The lowest BCUT2D eigenvalue weighted by Gasteiger charge is -2.37. The summed E-state index contributed by atoms with van der Waals surface area (Å²) in [7, 11) is 1.32. The standard InChI is InChI=1S/C69H80F2N14O14S2/c1-37(99-3)60-66(96)76-32-58(88)78-51(15-10-41-29-74-49-16-11-43(70)25-47(41)49)62(92)79-52(24-42-30-75-50-17-12-44(71)26-48(42)50)63(93)81-54(28-59(89)90)65(95)80-53(27-45-31-73-36-77-45)64(94)82-55(23-38-8-13-46(86)14-9-38)67(97)85-20-5-19-69(85,2)68(98)83-56(61(72)91)35-101-34-40-7-4-6-39(22-40)33-100-21-18-57(87)84-60/h4,6-9,11-14,16-17,22,25-26,29-31,36-37,51-56,60,74-75,86H,5,10,15,18-21,23-24,27-28,32-35H2,1-3H3,(H2,72,91)(H,73,77)(H,76,96)(H,78,88)(H,79,92)(H,80,95)(H,81,93)(H,82,94)(H,83,98)(H,84,87)(H,89,90)/t37-,51-,52-,53-,54-,55-,56-,60-,69-/m0/s1. The summed E-state index contributed by atoms with van der Waals surface area (Å²) in [5.74, 6) is -10.8.